The number of esters is 2. The van der Waals surface area contributed by atoms with E-state index >= 15 is 0 Å². The average Bonchev–Trinajstić information content (AvgIpc) is 2.82. The van der Waals surface area contributed by atoms with Gasteiger partial charge in [0, 0.05) is 36.4 Å². The van der Waals surface area contributed by atoms with Gasteiger partial charge < -0.3 is 24.3 Å². The zero-order valence-electron chi connectivity index (χ0n) is 19.4. The molecule has 2 rings (SSSR count). The summed E-state index contributed by atoms with van der Waals surface area (Å²) in [4.78, 5) is 50.7. The zero-order chi connectivity index (χ0) is 25.3. The molecule has 0 saturated carbocycles. The van der Waals surface area contributed by atoms with E-state index in [1.807, 2.05) is 0 Å². The summed E-state index contributed by atoms with van der Waals surface area (Å²) >= 11 is 0. The molecule has 1 heterocycles. The van der Waals surface area contributed by atoms with Crippen LogP contribution in [0.15, 0.2) is 23.3 Å². The molecule has 0 bridgehead atoms. The Kier molecular flexibility index (Phi) is 9.84. The summed E-state index contributed by atoms with van der Waals surface area (Å²) in [5.41, 5.74) is 8.61. The highest BCUT2D eigenvalue weighted by molar-refractivity contribution is 5.98. The lowest BCUT2D eigenvalue weighted by Crippen LogP contribution is -2.55. The van der Waals surface area contributed by atoms with E-state index in [1.54, 1.807) is 13.8 Å². The number of hydrogen-bond donors (Lipinski definition) is 1. The molecule has 184 valence electrons. The summed E-state index contributed by atoms with van der Waals surface area (Å²) in [6, 6.07) is 4.22. The van der Waals surface area contributed by atoms with Crippen LogP contribution in [0, 0.1) is 11.8 Å². The standard InChI is InChI=1S/C22H28N4O8/c1-12-13(2)19(32-14(3)28)22(34-18(12)21(30)31-4)33-17-7-6-15(11-27)10-16(17)20(29)24-8-5-9-25-26-23/h6-7,10-13,18-19,22H,5,8-9H2,1-4H3,(H,24,29)/t12-,13-,18-,19+,22+/m0/s1. The van der Waals surface area contributed by atoms with Gasteiger partial charge >= 0.3 is 11.9 Å². The SMILES string of the molecule is COC(=O)[C@H]1O[C@@H](Oc2ccc(C=O)cc2C(=O)NCCCN=[N+]=[N-])[C@H](OC(C)=O)[C@@H](C)[C@@H]1C. The first-order chi connectivity index (χ1) is 16.2. The number of carbonyl (C=O) groups excluding carboxylic acids is 4. The highest BCUT2D eigenvalue weighted by atomic mass is 16.7. The smallest absolute Gasteiger partial charge is 0.335 e. The third-order valence-corrected chi connectivity index (χ3v) is 5.52. The molecule has 0 aliphatic carbocycles. The van der Waals surface area contributed by atoms with Gasteiger partial charge in [0.15, 0.2) is 12.2 Å². The molecule has 1 saturated heterocycles. The second-order valence-electron chi connectivity index (χ2n) is 7.80. The number of aldehydes is 1. The van der Waals surface area contributed by atoms with Gasteiger partial charge in [-0.15, -0.1) is 0 Å². The number of amides is 1. The number of benzene rings is 1. The third-order valence-electron chi connectivity index (χ3n) is 5.52. The zero-order valence-corrected chi connectivity index (χ0v) is 19.4. The van der Waals surface area contributed by atoms with E-state index in [2.05, 4.69) is 15.3 Å². The number of ether oxygens (including phenoxy) is 4. The van der Waals surface area contributed by atoms with E-state index < -0.39 is 36.3 Å². The van der Waals surface area contributed by atoms with Crippen LogP contribution in [0.1, 0.15) is 47.9 Å². The largest absolute Gasteiger partial charge is 0.467 e. The highest BCUT2D eigenvalue weighted by Crippen LogP contribution is 2.35. The molecule has 34 heavy (non-hydrogen) atoms. The molecule has 1 N–H and O–H groups in total. The Labute approximate surface area is 196 Å². The summed E-state index contributed by atoms with van der Waals surface area (Å²) in [5, 5.41) is 6.06. The number of methoxy groups -OCH3 is 1. The highest BCUT2D eigenvalue weighted by Gasteiger charge is 2.48. The first-order valence-electron chi connectivity index (χ1n) is 10.7. The van der Waals surface area contributed by atoms with Crippen molar-refractivity contribution in [3.05, 3.63) is 39.8 Å². The lowest BCUT2D eigenvalue weighted by molar-refractivity contribution is -0.248. The Bertz CT molecular complexity index is 962. The number of rotatable bonds is 10. The first kappa shape index (κ1) is 26.6. The molecule has 0 aromatic heterocycles. The van der Waals surface area contributed by atoms with Gasteiger partial charge in [0.05, 0.1) is 12.7 Å². The third kappa shape index (κ3) is 6.69. The summed E-state index contributed by atoms with van der Waals surface area (Å²) in [6.07, 6.45) is -2.09. The Hall–Kier alpha value is -3.63. The van der Waals surface area contributed by atoms with Crippen LogP contribution in [-0.2, 0) is 23.8 Å². The molecule has 5 atom stereocenters. The Balaban J connectivity index is 2.33. The van der Waals surface area contributed by atoms with Crippen molar-refractivity contribution in [2.45, 2.75) is 45.7 Å². The van der Waals surface area contributed by atoms with E-state index in [9.17, 15) is 19.2 Å². The number of carbonyl (C=O) groups is 4. The number of hydrogen-bond acceptors (Lipinski definition) is 9. The molecular formula is C22H28N4O8. The van der Waals surface area contributed by atoms with Crippen molar-refractivity contribution in [2.75, 3.05) is 20.2 Å². The maximum absolute atomic E-state index is 12.8. The lowest BCUT2D eigenvalue weighted by atomic mass is 9.83. The molecule has 0 unspecified atom stereocenters. The Morgan fingerprint density at radius 2 is 2.00 bits per heavy atom. The van der Waals surface area contributed by atoms with Gasteiger partial charge in [-0.25, -0.2) is 4.79 Å². The van der Waals surface area contributed by atoms with Crippen LogP contribution < -0.4 is 10.1 Å². The molecule has 1 aliphatic rings. The van der Waals surface area contributed by atoms with Crippen LogP contribution in [-0.4, -0.2) is 62.8 Å². The number of azide groups is 1. The molecule has 1 aromatic carbocycles. The van der Waals surface area contributed by atoms with E-state index in [4.69, 9.17) is 24.5 Å². The summed E-state index contributed by atoms with van der Waals surface area (Å²) in [5.74, 6) is -2.35. The molecule has 0 radical (unpaired) electrons. The maximum atomic E-state index is 12.8. The average molecular weight is 476 g/mol. The fourth-order valence-corrected chi connectivity index (χ4v) is 3.52. The van der Waals surface area contributed by atoms with Crippen molar-refractivity contribution in [3.8, 4) is 5.75 Å². The van der Waals surface area contributed by atoms with E-state index in [0.717, 1.165) is 0 Å². The van der Waals surface area contributed by atoms with Gasteiger partial charge in [0.25, 0.3) is 5.91 Å². The predicted molar refractivity (Wildman–Crippen MR) is 118 cm³/mol. The van der Waals surface area contributed by atoms with Gasteiger partial charge in [-0.05, 0) is 36.1 Å². The Morgan fingerprint density at radius 1 is 1.26 bits per heavy atom. The van der Waals surface area contributed by atoms with Crippen LogP contribution in [0.25, 0.3) is 10.4 Å². The fourth-order valence-electron chi connectivity index (χ4n) is 3.52. The van der Waals surface area contributed by atoms with Gasteiger partial charge in [-0.2, -0.15) is 0 Å². The molecule has 1 amide bonds. The summed E-state index contributed by atoms with van der Waals surface area (Å²) in [7, 11) is 1.24. The molecule has 12 nitrogen and oxygen atoms in total. The Morgan fingerprint density at radius 3 is 2.62 bits per heavy atom. The molecule has 1 aromatic rings. The quantitative estimate of drug-likeness (QED) is 0.134. The van der Waals surface area contributed by atoms with Crippen LogP contribution in [0.3, 0.4) is 0 Å². The molecule has 1 fully saturated rings. The van der Waals surface area contributed by atoms with E-state index in [0.29, 0.717) is 12.7 Å². The second kappa shape index (κ2) is 12.6. The van der Waals surface area contributed by atoms with Crippen LogP contribution in [0.2, 0.25) is 0 Å². The molecule has 0 spiro atoms. The molecule has 12 heteroatoms. The van der Waals surface area contributed by atoms with Gasteiger partial charge in [-0.3, -0.25) is 14.4 Å². The summed E-state index contributed by atoms with van der Waals surface area (Å²) < 4.78 is 22.1. The van der Waals surface area contributed by atoms with Crippen molar-refractivity contribution in [1.29, 1.82) is 0 Å². The van der Waals surface area contributed by atoms with E-state index in [-0.39, 0.29) is 41.8 Å². The summed E-state index contributed by atoms with van der Waals surface area (Å²) in [6.45, 7) is 5.24. The topological polar surface area (TPSA) is 166 Å². The first-order valence-corrected chi connectivity index (χ1v) is 10.7. The predicted octanol–water partition coefficient (Wildman–Crippen LogP) is 2.41. The minimum absolute atomic E-state index is 0.0412. The van der Waals surface area contributed by atoms with Crippen LogP contribution >= 0.6 is 0 Å². The maximum Gasteiger partial charge on any atom is 0.335 e. The van der Waals surface area contributed by atoms with Crippen LogP contribution in [0.4, 0.5) is 0 Å². The lowest BCUT2D eigenvalue weighted by Gasteiger charge is -2.42. The van der Waals surface area contributed by atoms with Gasteiger partial charge in [-0.1, -0.05) is 19.0 Å². The normalized spacial score (nSPS) is 23.7. The second-order valence-corrected chi connectivity index (χ2v) is 7.80. The minimum Gasteiger partial charge on any atom is -0.467 e. The van der Waals surface area contributed by atoms with Crippen molar-refractivity contribution in [1.82, 2.24) is 5.32 Å². The van der Waals surface area contributed by atoms with Crippen molar-refractivity contribution < 1.29 is 38.1 Å². The monoisotopic (exact) mass is 476 g/mol. The molecular weight excluding hydrogens is 448 g/mol. The van der Waals surface area contributed by atoms with Gasteiger partial charge in [0.1, 0.15) is 12.0 Å². The minimum atomic E-state index is -1.22. The van der Waals surface area contributed by atoms with Crippen molar-refractivity contribution >= 4 is 24.1 Å². The fraction of sp³-hybridized carbons (Fsp3) is 0.545. The number of nitrogens with zero attached hydrogens (tertiary/aromatic N) is 3. The van der Waals surface area contributed by atoms with Crippen molar-refractivity contribution in [3.63, 3.8) is 0 Å². The van der Waals surface area contributed by atoms with E-state index in [1.165, 1.54) is 32.2 Å². The van der Waals surface area contributed by atoms with Crippen molar-refractivity contribution in [2.24, 2.45) is 17.0 Å². The molecule has 1 aliphatic heterocycles. The number of nitrogens with one attached hydrogen (secondary N) is 1. The van der Waals surface area contributed by atoms with Crippen LogP contribution in [0.5, 0.6) is 5.75 Å². The van der Waals surface area contributed by atoms with Gasteiger partial charge in [0.2, 0.25) is 6.29 Å².